The minimum Gasteiger partial charge on any atom is -0.488 e. The highest BCUT2D eigenvalue weighted by atomic mass is 19.4. The van der Waals surface area contributed by atoms with Crippen LogP contribution >= 0.6 is 0 Å². The first-order valence-corrected chi connectivity index (χ1v) is 7.98. The molecule has 2 aromatic rings. The normalized spacial score (nSPS) is 13.3. The summed E-state index contributed by atoms with van der Waals surface area (Å²) >= 11 is 0. The van der Waals surface area contributed by atoms with Crippen molar-refractivity contribution in [1.29, 1.82) is 0 Å². The van der Waals surface area contributed by atoms with Crippen molar-refractivity contribution >= 4 is 11.8 Å². The van der Waals surface area contributed by atoms with E-state index in [1.54, 1.807) is 30.3 Å². The van der Waals surface area contributed by atoms with E-state index in [0.717, 1.165) is 11.1 Å². The Kier molecular flexibility index (Phi) is 4.97. The van der Waals surface area contributed by atoms with Gasteiger partial charge in [0.2, 0.25) is 0 Å². The first kappa shape index (κ1) is 18.0. The molecule has 0 fully saturated rings. The highest BCUT2D eigenvalue weighted by Gasteiger charge is 2.40. The largest absolute Gasteiger partial charge is 0.490 e. The third-order valence-corrected chi connectivity index (χ3v) is 4.01. The number of carbonyl (C=O) groups excluding carboxylic acids is 2. The molecule has 0 spiro atoms. The van der Waals surface area contributed by atoms with Gasteiger partial charge in [-0.25, -0.2) is 4.79 Å². The van der Waals surface area contributed by atoms with Gasteiger partial charge in [0, 0.05) is 11.1 Å². The molecule has 0 atom stereocenters. The number of ketones is 1. The van der Waals surface area contributed by atoms with Crippen molar-refractivity contribution in [2.24, 2.45) is 0 Å². The molecule has 0 radical (unpaired) electrons. The van der Waals surface area contributed by atoms with Crippen molar-refractivity contribution in [2.45, 2.75) is 25.6 Å². The molecule has 0 amide bonds. The minimum atomic E-state index is -4.98. The maximum Gasteiger partial charge on any atom is 0.490 e. The molecule has 3 rings (SSSR count). The van der Waals surface area contributed by atoms with Crippen LogP contribution < -0.4 is 4.74 Å². The van der Waals surface area contributed by atoms with Crippen LogP contribution in [0.25, 0.3) is 0 Å². The lowest BCUT2D eigenvalue weighted by Crippen LogP contribution is -2.25. The molecule has 0 aromatic heterocycles. The molecule has 0 saturated carbocycles. The zero-order chi connectivity index (χ0) is 18.7. The molecule has 2 aromatic carbocycles. The molecule has 1 heterocycles. The molecule has 4 nitrogen and oxygen atoms in total. The first-order chi connectivity index (χ1) is 12.4. The Morgan fingerprint density at radius 3 is 2.65 bits per heavy atom. The van der Waals surface area contributed by atoms with E-state index in [1.807, 2.05) is 12.1 Å². The van der Waals surface area contributed by atoms with Crippen LogP contribution in [0, 0.1) is 0 Å². The van der Waals surface area contributed by atoms with Gasteiger partial charge in [-0.2, -0.15) is 13.2 Å². The van der Waals surface area contributed by atoms with Gasteiger partial charge in [-0.15, -0.1) is 0 Å². The van der Waals surface area contributed by atoms with Crippen molar-refractivity contribution < 1.29 is 32.2 Å². The summed E-state index contributed by atoms with van der Waals surface area (Å²) < 4.78 is 46.0. The van der Waals surface area contributed by atoms with Crippen LogP contribution in [0.3, 0.4) is 0 Å². The lowest BCUT2D eigenvalue weighted by molar-refractivity contribution is -0.199. The summed E-state index contributed by atoms with van der Waals surface area (Å²) in [6, 6.07) is 12.3. The fraction of sp³-hybridized carbons (Fsp3) is 0.263. The Labute approximate surface area is 147 Å². The predicted octanol–water partition coefficient (Wildman–Crippen LogP) is 3.85. The van der Waals surface area contributed by atoms with E-state index in [4.69, 9.17) is 4.74 Å². The van der Waals surface area contributed by atoms with E-state index in [9.17, 15) is 22.8 Å². The second-order valence-electron chi connectivity index (χ2n) is 5.84. The zero-order valence-electron chi connectivity index (χ0n) is 13.6. The number of benzene rings is 2. The molecule has 1 aliphatic heterocycles. The monoisotopic (exact) mass is 364 g/mol. The van der Waals surface area contributed by atoms with Crippen LogP contribution in [-0.2, 0) is 22.6 Å². The van der Waals surface area contributed by atoms with Crippen molar-refractivity contribution in [1.82, 2.24) is 0 Å². The van der Waals surface area contributed by atoms with Crippen LogP contribution in [0.15, 0.2) is 42.5 Å². The SMILES string of the molecule is O=C1c2ccccc2COc2ccc(CCCOC(=O)C(F)(F)F)cc21. The van der Waals surface area contributed by atoms with Crippen molar-refractivity contribution in [3.8, 4) is 5.75 Å². The maximum absolute atomic E-state index is 12.7. The fourth-order valence-electron chi connectivity index (χ4n) is 2.73. The summed E-state index contributed by atoms with van der Waals surface area (Å²) in [6.45, 7) is -0.0512. The third-order valence-electron chi connectivity index (χ3n) is 4.01. The summed E-state index contributed by atoms with van der Waals surface area (Å²) in [6.07, 6.45) is -4.40. The summed E-state index contributed by atoms with van der Waals surface area (Å²) in [4.78, 5) is 23.4. The van der Waals surface area contributed by atoms with Gasteiger partial charge in [-0.05, 0) is 30.5 Å². The Morgan fingerprint density at radius 1 is 1.12 bits per heavy atom. The zero-order valence-corrected chi connectivity index (χ0v) is 13.6. The second-order valence-corrected chi connectivity index (χ2v) is 5.84. The van der Waals surface area contributed by atoms with E-state index in [0.29, 0.717) is 29.9 Å². The number of aryl methyl sites for hydroxylation is 1. The van der Waals surface area contributed by atoms with Gasteiger partial charge < -0.3 is 9.47 Å². The molecule has 0 unspecified atom stereocenters. The number of hydrogen-bond donors (Lipinski definition) is 0. The molecular formula is C19H15F3O4. The van der Waals surface area contributed by atoms with E-state index < -0.39 is 12.1 Å². The number of halogens is 3. The minimum absolute atomic E-state index is 0.154. The van der Waals surface area contributed by atoms with E-state index in [1.165, 1.54) is 0 Å². The summed E-state index contributed by atoms with van der Waals surface area (Å²) in [5.41, 5.74) is 2.54. The van der Waals surface area contributed by atoms with Gasteiger partial charge in [0.1, 0.15) is 12.4 Å². The number of fused-ring (bicyclic) bond motifs is 2. The quantitative estimate of drug-likeness (QED) is 0.611. The van der Waals surface area contributed by atoms with Crippen LogP contribution in [0.1, 0.15) is 33.5 Å². The molecule has 136 valence electrons. The Balaban J connectivity index is 1.68. The van der Waals surface area contributed by atoms with Crippen molar-refractivity contribution in [3.63, 3.8) is 0 Å². The van der Waals surface area contributed by atoms with E-state index >= 15 is 0 Å². The molecule has 0 N–H and O–H groups in total. The molecule has 0 bridgehead atoms. The third kappa shape index (κ3) is 3.87. The number of hydrogen-bond acceptors (Lipinski definition) is 4. The number of carbonyl (C=O) groups is 2. The van der Waals surface area contributed by atoms with Gasteiger partial charge in [0.05, 0.1) is 12.2 Å². The van der Waals surface area contributed by atoms with Crippen LogP contribution in [0.4, 0.5) is 13.2 Å². The van der Waals surface area contributed by atoms with Gasteiger partial charge in [0.25, 0.3) is 0 Å². The topological polar surface area (TPSA) is 52.6 Å². The lowest BCUT2D eigenvalue weighted by Gasteiger charge is -2.09. The average molecular weight is 364 g/mol. The summed E-state index contributed by atoms with van der Waals surface area (Å²) in [5.74, 6) is -1.88. The van der Waals surface area contributed by atoms with Gasteiger partial charge >= 0.3 is 12.1 Å². The van der Waals surface area contributed by atoms with Crippen molar-refractivity contribution in [3.05, 3.63) is 64.7 Å². The number of ether oxygens (including phenoxy) is 2. The molecule has 7 heteroatoms. The Morgan fingerprint density at radius 2 is 1.88 bits per heavy atom. The second kappa shape index (κ2) is 7.19. The van der Waals surface area contributed by atoms with Crippen LogP contribution in [-0.4, -0.2) is 24.5 Å². The fourth-order valence-corrected chi connectivity index (χ4v) is 2.73. The molecule has 0 saturated heterocycles. The van der Waals surface area contributed by atoms with Gasteiger partial charge in [-0.3, -0.25) is 4.79 Å². The van der Waals surface area contributed by atoms with E-state index in [-0.39, 0.29) is 18.8 Å². The number of esters is 1. The summed E-state index contributed by atoms with van der Waals surface area (Å²) in [7, 11) is 0. The Bertz CT molecular complexity index is 843. The van der Waals surface area contributed by atoms with Crippen LogP contribution in [0.2, 0.25) is 0 Å². The van der Waals surface area contributed by atoms with Gasteiger partial charge in [0.15, 0.2) is 5.78 Å². The molecular weight excluding hydrogens is 349 g/mol. The number of rotatable bonds is 4. The Hall–Kier alpha value is -2.83. The number of alkyl halides is 3. The predicted molar refractivity (Wildman–Crippen MR) is 86.0 cm³/mol. The van der Waals surface area contributed by atoms with Crippen molar-refractivity contribution in [2.75, 3.05) is 6.61 Å². The lowest BCUT2D eigenvalue weighted by atomic mass is 9.97. The average Bonchev–Trinajstić information content (AvgIpc) is 2.75. The van der Waals surface area contributed by atoms with Gasteiger partial charge in [-0.1, -0.05) is 30.3 Å². The van der Waals surface area contributed by atoms with E-state index in [2.05, 4.69) is 4.74 Å². The first-order valence-electron chi connectivity index (χ1n) is 7.98. The summed E-state index contributed by atoms with van der Waals surface area (Å²) in [5, 5.41) is 0. The molecule has 26 heavy (non-hydrogen) atoms. The van der Waals surface area contributed by atoms with Crippen LogP contribution in [0.5, 0.6) is 5.75 Å². The smallest absolute Gasteiger partial charge is 0.488 e. The highest BCUT2D eigenvalue weighted by molar-refractivity contribution is 6.12. The standard InChI is InChI=1S/C19H15F3O4/c20-19(21,22)18(24)25-9-3-4-12-7-8-16-15(10-12)17(23)14-6-2-1-5-13(14)11-26-16/h1-2,5-8,10H,3-4,9,11H2. The maximum atomic E-state index is 12.7. The molecule has 0 aliphatic carbocycles. The highest BCUT2D eigenvalue weighted by Crippen LogP contribution is 2.29. The molecule has 1 aliphatic rings.